The number of nitrogens with two attached hydrogens (primary N) is 1. The molecule has 2 rings (SSSR count). The Morgan fingerprint density at radius 2 is 2.20 bits per heavy atom. The topological polar surface area (TPSA) is 99.4 Å². The van der Waals surface area contributed by atoms with Gasteiger partial charge < -0.3 is 15.2 Å². The number of carbonyl (C=O) groups is 1. The summed E-state index contributed by atoms with van der Waals surface area (Å²) in [5.41, 5.74) is 5.92. The quantitative estimate of drug-likeness (QED) is 0.832. The Bertz CT molecular complexity index is 487. The standard InChI is InChI=1S/C13H20N4O3/c1-9-7-10(19-2)16-12(15-9)17-11(18)13(8-14)3-5-20-6-4-13/h7H,3-6,8,14H2,1-2H3,(H,15,16,17,18). The minimum atomic E-state index is -0.599. The SMILES string of the molecule is COc1cc(C)nc(NC(=O)C2(CN)CCOCC2)n1. The molecule has 1 amide bonds. The van der Waals surface area contributed by atoms with E-state index in [1.807, 2.05) is 6.92 Å². The number of anilines is 1. The van der Waals surface area contributed by atoms with Crippen molar-refractivity contribution in [2.75, 3.05) is 32.2 Å². The molecule has 0 radical (unpaired) electrons. The number of aromatic nitrogens is 2. The highest BCUT2D eigenvalue weighted by atomic mass is 16.5. The third-order valence-electron chi connectivity index (χ3n) is 3.59. The van der Waals surface area contributed by atoms with Crippen molar-refractivity contribution in [1.82, 2.24) is 9.97 Å². The number of methoxy groups -OCH3 is 1. The molecule has 1 aromatic rings. The maximum absolute atomic E-state index is 12.5. The number of ether oxygens (including phenoxy) is 2. The first-order valence-corrected chi connectivity index (χ1v) is 6.58. The van der Waals surface area contributed by atoms with Crippen LogP contribution in [0.4, 0.5) is 5.95 Å². The second-order valence-electron chi connectivity index (χ2n) is 4.93. The van der Waals surface area contributed by atoms with Gasteiger partial charge in [0.05, 0.1) is 12.5 Å². The van der Waals surface area contributed by atoms with E-state index in [0.29, 0.717) is 31.9 Å². The smallest absolute Gasteiger partial charge is 0.234 e. The third-order valence-corrected chi connectivity index (χ3v) is 3.59. The van der Waals surface area contributed by atoms with E-state index in [0.717, 1.165) is 5.69 Å². The molecule has 0 atom stereocenters. The zero-order valence-electron chi connectivity index (χ0n) is 11.8. The van der Waals surface area contributed by atoms with Gasteiger partial charge in [0.25, 0.3) is 0 Å². The Kier molecular flexibility index (Phi) is 4.51. The lowest BCUT2D eigenvalue weighted by Crippen LogP contribution is -2.46. The minimum Gasteiger partial charge on any atom is -0.481 e. The van der Waals surface area contributed by atoms with Crippen LogP contribution in [0.3, 0.4) is 0 Å². The zero-order valence-corrected chi connectivity index (χ0v) is 11.8. The van der Waals surface area contributed by atoms with Crippen molar-refractivity contribution in [3.05, 3.63) is 11.8 Å². The molecule has 7 heteroatoms. The van der Waals surface area contributed by atoms with Gasteiger partial charge in [0.15, 0.2) is 0 Å². The predicted molar refractivity (Wildman–Crippen MR) is 73.5 cm³/mol. The third kappa shape index (κ3) is 3.05. The van der Waals surface area contributed by atoms with Crippen molar-refractivity contribution < 1.29 is 14.3 Å². The number of hydrogen-bond acceptors (Lipinski definition) is 6. The average molecular weight is 280 g/mol. The van der Waals surface area contributed by atoms with Gasteiger partial charge in [0, 0.05) is 31.5 Å². The van der Waals surface area contributed by atoms with Crippen LogP contribution in [0.2, 0.25) is 0 Å². The molecule has 0 aromatic carbocycles. The van der Waals surface area contributed by atoms with E-state index in [9.17, 15) is 4.79 Å². The fourth-order valence-electron chi connectivity index (χ4n) is 2.22. The fourth-order valence-corrected chi connectivity index (χ4v) is 2.22. The van der Waals surface area contributed by atoms with Crippen LogP contribution in [0.5, 0.6) is 5.88 Å². The van der Waals surface area contributed by atoms with E-state index >= 15 is 0 Å². The number of aryl methyl sites for hydroxylation is 1. The van der Waals surface area contributed by atoms with Crippen LogP contribution in [-0.2, 0) is 9.53 Å². The Labute approximate surface area is 117 Å². The van der Waals surface area contributed by atoms with Crippen LogP contribution in [0, 0.1) is 12.3 Å². The summed E-state index contributed by atoms with van der Waals surface area (Å²) in [6.45, 7) is 3.18. The van der Waals surface area contributed by atoms with Crippen LogP contribution in [0.25, 0.3) is 0 Å². The first-order chi connectivity index (χ1) is 9.59. The average Bonchev–Trinajstić information content (AvgIpc) is 2.47. The predicted octanol–water partition coefficient (Wildman–Crippen LogP) is 0.488. The molecule has 7 nitrogen and oxygen atoms in total. The lowest BCUT2D eigenvalue weighted by Gasteiger charge is -2.34. The van der Waals surface area contributed by atoms with Gasteiger partial charge in [-0.1, -0.05) is 0 Å². The first-order valence-electron chi connectivity index (χ1n) is 6.58. The molecular formula is C13H20N4O3. The summed E-state index contributed by atoms with van der Waals surface area (Å²) < 4.78 is 10.4. The molecule has 1 fully saturated rings. The monoisotopic (exact) mass is 280 g/mol. The molecule has 2 heterocycles. The van der Waals surface area contributed by atoms with Gasteiger partial charge in [0.2, 0.25) is 17.7 Å². The largest absolute Gasteiger partial charge is 0.481 e. The summed E-state index contributed by atoms with van der Waals surface area (Å²) in [6, 6.07) is 1.70. The van der Waals surface area contributed by atoms with Gasteiger partial charge in [-0.2, -0.15) is 4.98 Å². The van der Waals surface area contributed by atoms with Gasteiger partial charge in [-0.05, 0) is 19.8 Å². The fraction of sp³-hybridized carbons (Fsp3) is 0.615. The number of rotatable bonds is 4. The van der Waals surface area contributed by atoms with Gasteiger partial charge in [-0.15, -0.1) is 0 Å². The van der Waals surface area contributed by atoms with E-state index < -0.39 is 5.41 Å². The molecule has 0 aliphatic carbocycles. The van der Waals surface area contributed by atoms with Gasteiger partial charge >= 0.3 is 0 Å². The summed E-state index contributed by atoms with van der Waals surface area (Å²) in [5.74, 6) is 0.503. The molecule has 0 bridgehead atoms. The van der Waals surface area contributed by atoms with Crippen LogP contribution >= 0.6 is 0 Å². The summed E-state index contributed by atoms with van der Waals surface area (Å²) in [7, 11) is 1.52. The van der Waals surface area contributed by atoms with Gasteiger partial charge in [-0.25, -0.2) is 4.98 Å². The van der Waals surface area contributed by atoms with Gasteiger partial charge in [-0.3, -0.25) is 10.1 Å². The van der Waals surface area contributed by atoms with Crippen LogP contribution in [0.1, 0.15) is 18.5 Å². The minimum absolute atomic E-state index is 0.157. The Morgan fingerprint density at radius 1 is 1.50 bits per heavy atom. The van der Waals surface area contributed by atoms with Crippen molar-refractivity contribution in [2.45, 2.75) is 19.8 Å². The normalized spacial score (nSPS) is 17.6. The van der Waals surface area contributed by atoms with Crippen LogP contribution in [-0.4, -0.2) is 42.7 Å². The van der Waals surface area contributed by atoms with Crippen molar-refractivity contribution in [3.8, 4) is 5.88 Å². The summed E-state index contributed by atoms with van der Waals surface area (Å²) >= 11 is 0. The molecule has 20 heavy (non-hydrogen) atoms. The van der Waals surface area contributed by atoms with Crippen molar-refractivity contribution in [3.63, 3.8) is 0 Å². The van der Waals surface area contributed by atoms with E-state index in [1.54, 1.807) is 6.07 Å². The lowest BCUT2D eigenvalue weighted by molar-refractivity contribution is -0.130. The molecule has 1 aliphatic rings. The molecule has 0 saturated carbocycles. The first kappa shape index (κ1) is 14.7. The number of hydrogen-bond donors (Lipinski definition) is 2. The number of carbonyl (C=O) groups excluding carboxylic acids is 1. The molecule has 3 N–H and O–H groups in total. The zero-order chi connectivity index (χ0) is 14.6. The maximum atomic E-state index is 12.5. The van der Waals surface area contributed by atoms with Crippen LogP contribution in [0.15, 0.2) is 6.07 Å². The number of nitrogens with one attached hydrogen (secondary N) is 1. The molecule has 110 valence electrons. The van der Waals surface area contributed by atoms with E-state index in [1.165, 1.54) is 7.11 Å². The van der Waals surface area contributed by atoms with Gasteiger partial charge in [0.1, 0.15) is 0 Å². The highest BCUT2D eigenvalue weighted by Gasteiger charge is 2.39. The van der Waals surface area contributed by atoms with E-state index in [2.05, 4.69) is 15.3 Å². The number of amides is 1. The van der Waals surface area contributed by atoms with Crippen molar-refractivity contribution in [1.29, 1.82) is 0 Å². The maximum Gasteiger partial charge on any atom is 0.234 e. The van der Waals surface area contributed by atoms with E-state index in [4.69, 9.17) is 15.2 Å². The Morgan fingerprint density at radius 3 is 2.80 bits per heavy atom. The summed E-state index contributed by atoms with van der Waals surface area (Å²) in [4.78, 5) is 20.8. The highest BCUT2D eigenvalue weighted by molar-refractivity contribution is 5.94. The molecule has 1 aromatic heterocycles. The molecule has 1 aliphatic heterocycles. The van der Waals surface area contributed by atoms with Crippen LogP contribution < -0.4 is 15.8 Å². The number of nitrogens with zero attached hydrogens (tertiary/aromatic N) is 2. The second-order valence-corrected chi connectivity index (χ2v) is 4.93. The molecule has 0 spiro atoms. The van der Waals surface area contributed by atoms with Crippen molar-refractivity contribution >= 4 is 11.9 Å². The lowest BCUT2D eigenvalue weighted by atomic mass is 9.79. The second kappa shape index (κ2) is 6.15. The summed E-state index contributed by atoms with van der Waals surface area (Å²) in [6.07, 6.45) is 1.22. The van der Waals surface area contributed by atoms with Crippen molar-refractivity contribution in [2.24, 2.45) is 11.1 Å². The Hall–Kier alpha value is -1.73. The summed E-state index contributed by atoms with van der Waals surface area (Å²) in [5, 5.41) is 2.74. The molecule has 1 saturated heterocycles. The molecule has 0 unspecified atom stereocenters. The van der Waals surface area contributed by atoms with E-state index in [-0.39, 0.29) is 18.4 Å². The highest BCUT2D eigenvalue weighted by Crippen LogP contribution is 2.30. The molecular weight excluding hydrogens is 260 g/mol. The Balaban J connectivity index is 2.15.